The zero-order chi connectivity index (χ0) is 17.1. The van der Waals surface area contributed by atoms with Crippen LogP contribution in [0, 0.1) is 0 Å². The molecule has 25 heavy (non-hydrogen) atoms. The van der Waals surface area contributed by atoms with Crippen molar-refractivity contribution in [1.29, 1.82) is 0 Å². The Labute approximate surface area is 148 Å². The van der Waals surface area contributed by atoms with E-state index >= 15 is 0 Å². The summed E-state index contributed by atoms with van der Waals surface area (Å²) in [5.74, 6) is 2.19. The maximum atomic E-state index is 6.15. The van der Waals surface area contributed by atoms with Gasteiger partial charge in [0.05, 0.1) is 12.1 Å². The Morgan fingerprint density at radius 1 is 1.24 bits per heavy atom. The molecule has 1 aromatic heterocycles. The summed E-state index contributed by atoms with van der Waals surface area (Å²) >= 11 is 0. The highest BCUT2D eigenvalue weighted by molar-refractivity contribution is 5.55. The van der Waals surface area contributed by atoms with Crippen molar-refractivity contribution in [2.75, 3.05) is 26.7 Å². The summed E-state index contributed by atoms with van der Waals surface area (Å²) in [6.07, 6.45) is 6.49. The minimum atomic E-state index is 0.160. The van der Waals surface area contributed by atoms with Crippen LogP contribution in [0.2, 0.25) is 0 Å². The Morgan fingerprint density at radius 3 is 2.96 bits per heavy atom. The van der Waals surface area contributed by atoms with E-state index in [0.717, 1.165) is 49.6 Å². The summed E-state index contributed by atoms with van der Waals surface area (Å²) in [4.78, 5) is 6.89. The van der Waals surface area contributed by atoms with Crippen molar-refractivity contribution in [2.24, 2.45) is 0 Å². The Kier molecular flexibility index (Phi) is 4.99. The summed E-state index contributed by atoms with van der Waals surface area (Å²) in [7, 11) is 2.10. The van der Waals surface area contributed by atoms with Gasteiger partial charge in [-0.15, -0.1) is 0 Å². The molecule has 1 aliphatic heterocycles. The van der Waals surface area contributed by atoms with Crippen LogP contribution in [0.25, 0.3) is 11.5 Å². The van der Waals surface area contributed by atoms with Crippen molar-refractivity contribution in [3.8, 4) is 17.2 Å². The zero-order valence-electron chi connectivity index (χ0n) is 14.8. The first kappa shape index (κ1) is 16.5. The first-order valence-electron chi connectivity index (χ1n) is 9.31. The minimum absolute atomic E-state index is 0.160. The molecule has 2 aliphatic rings. The van der Waals surface area contributed by atoms with E-state index in [1.807, 2.05) is 24.3 Å². The first-order chi connectivity index (χ1) is 12.3. The number of hydrogen-bond acceptors (Lipinski definition) is 6. The molecule has 134 valence electrons. The van der Waals surface area contributed by atoms with Gasteiger partial charge in [-0.3, -0.25) is 4.90 Å². The van der Waals surface area contributed by atoms with Crippen LogP contribution >= 0.6 is 0 Å². The van der Waals surface area contributed by atoms with Gasteiger partial charge < -0.3 is 14.6 Å². The highest BCUT2D eigenvalue weighted by atomic mass is 16.5. The smallest absolute Gasteiger partial charge is 0.258 e. The van der Waals surface area contributed by atoms with Crippen LogP contribution in [0.5, 0.6) is 5.75 Å². The van der Waals surface area contributed by atoms with E-state index in [-0.39, 0.29) is 6.04 Å². The second-order valence-corrected chi connectivity index (χ2v) is 7.06. The van der Waals surface area contributed by atoms with Crippen LogP contribution in [-0.2, 0) is 0 Å². The van der Waals surface area contributed by atoms with Gasteiger partial charge in [-0.05, 0) is 50.9 Å². The third-order valence-corrected chi connectivity index (χ3v) is 5.19. The van der Waals surface area contributed by atoms with E-state index in [2.05, 4.69) is 27.4 Å². The minimum Gasteiger partial charge on any atom is -0.490 e. The Bertz CT molecular complexity index is 696. The van der Waals surface area contributed by atoms with E-state index in [4.69, 9.17) is 9.26 Å². The Balaban J connectivity index is 1.49. The van der Waals surface area contributed by atoms with E-state index in [1.165, 1.54) is 19.3 Å². The molecule has 6 nitrogen and oxygen atoms in total. The molecule has 2 aromatic rings. The summed E-state index contributed by atoms with van der Waals surface area (Å²) in [5.41, 5.74) is 0.915. The van der Waals surface area contributed by atoms with Crippen molar-refractivity contribution < 1.29 is 9.26 Å². The lowest BCUT2D eigenvalue weighted by molar-refractivity contribution is 0.155. The van der Waals surface area contributed by atoms with Crippen molar-refractivity contribution in [2.45, 2.75) is 44.2 Å². The van der Waals surface area contributed by atoms with Gasteiger partial charge in [-0.2, -0.15) is 4.98 Å². The third-order valence-electron chi connectivity index (χ3n) is 5.19. The molecular formula is C19H26N4O2. The molecule has 2 fully saturated rings. The highest BCUT2D eigenvalue weighted by Crippen LogP contribution is 2.28. The largest absolute Gasteiger partial charge is 0.490 e. The number of rotatable bonds is 4. The number of piperazine rings is 1. The summed E-state index contributed by atoms with van der Waals surface area (Å²) in [6.45, 7) is 2.83. The molecule has 0 bridgehead atoms. The van der Waals surface area contributed by atoms with Gasteiger partial charge in [-0.25, -0.2) is 0 Å². The molecule has 0 amide bonds. The van der Waals surface area contributed by atoms with Crippen molar-refractivity contribution in [3.05, 3.63) is 30.1 Å². The average molecular weight is 342 g/mol. The van der Waals surface area contributed by atoms with Gasteiger partial charge in [0.2, 0.25) is 0 Å². The molecule has 1 aliphatic carbocycles. The maximum absolute atomic E-state index is 6.15. The molecule has 1 unspecified atom stereocenters. The number of ether oxygens (including phenoxy) is 1. The zero-order valence-corrected chi connectivity index (χ0v) is 14.8. The number of nitrogens with zero attached hydrogens (tertiary/aromatic N) is 3. The van der Waals surface area contributed by atoms with Gasteiger partial charge in [0.25, 0.3) is 5.89 Å². The predicted molar refractivity (Wildman–Crippen MR) is 95.5 cm³/mol. The van der Waals surface area contributed by atoms with Gasteiger partial charge in [-0.1, -0.05) is 17.6 Å². The van der Waals surface area contributed by atoms with Gasteiger partial charge in [0.1, 0.15) is 5.75 Å². The van der Waals surface area contributed by atoms with Crippen molar-refractivity contribution in [1.82, 2.24) is 20.4 Å². The van der Waals surface area contributed by atoms with Crippen LogP contribution in [0.3, 0.4) is 0 Å². The number of nitrogens with one attached hydrogen (secondary N) is 1. The lowest BCUT2D eigenvalue weighted by Crippen LogP contribution is -2.44. The lowest BCUT2D eigenvalue weighted by Gasteiger charge is -2.30. The van der Waals surface area contributed by atoms with Crippen LogP contribution in [0.1, 0.15) is 44.0 Å². The summed E-state index contributed by atoms with van der Waals surface area (Å²) in [6, 6.07) is 8.16. The molecule has 0 spiro atoms. The molecule has 4 rings (SSSR count). The highest BCUT2D eigenvalue weighted by Gasteiger charge is 2.25. The van der Waals surface area contributed by atoms with Gasteiger partial charge >= 0.3 is 0 Å². The maximum Gasteiger partial charge on any atom is 0.258 e. The average Bonchev–Trinajstić information content (AvgIpc) is 3.13. The fraction of sp³-hybridized carbons (Fsp3) is 0.579. The van der Waals surface area contributed by atoms with E-state index < -0.39 is 0 Å². The van der Waals surface area contributed by atoms with E-state index in [9.17, 15) is 0 Å². The molecule has 1 aromatic carbocycles. The predicted octanol–water partition coefficient (Wildman–Crippen LogP) is 3.02. The Hall–Kier alpha value is -1.92. The van der Waals surface area contributed by atoms with Gasteiger partial charge in [0, 0.05) is 25.2 Å². The number of likely N-dealkylation sites (N-methyl/N-ethyl adjacent to an activating group) is 1. The lowest BCUT2D eigenvalue weighted by atomic mass is 9.98. The summed E-state index contributed by atoms with van der Waals surface area (Å²) in [5, 5.41) is 7.59. The molecule has 1 atom stereocenters. The molecular weight excluding hydrogens is 316 g/mol. The fourth-order valence-corrected chi connectivity index (χ4v) is 3.66. The Morgan fingerprint density at radius 2 is 2.12 bits per heavy atom. The number of aromatic nitrogens is 2. The number of hydrogen-bond donors (Lipinski definition) is 1. The number of benzene rings is 1. The quantitative estimate of drug-likeness (QED) is 0.921. The van der Waals surface area contributed by atoms with Crippen LogP contribution in [0.15, 0.2) is 28.8 Å². The van der Waals surface area contributed by atoms with Crippen molar-refractivity contribution >= 4 is 0 Å². The standard InChI is InChI=1S/C19H26N4O2/c1-23-11-10-20-13-17(23)18-21-19(25-22-18)14-6-5-9-16(12-14)24-15-7-3-2-4-8-15/h5-6,9,12,15,17,20H,2-4,7-8,10-11,13H2,1H3. The third kappa shape index (κ3) is 3.85. The normalized spacial score (nSPS) is 22.8. The first-order valence-corrected chi connectivity index (χ1v) is 9.31. The topological polar surface area (TPSA) is 63.4 Å². The second kappa shape index (κ2) is 7.54. The monoisotopic (exact) mass is 342 g/mol. The SMILES string of the molecule is CN1CCNCC1c1noc(-c2cccc(OC3CCCCC3)c2)n1. The van der Waals surface area contributed by atoms with Gasteiger partial charge in [0.15, 0.2) is 5.82 Å². The molecule has 2 heterocycles. The van der Waals surface area contributed by atoms with Crippen LogP contribution < -0.4 is 10.1 Å². The second-order valence-electron chi connectivity index (χ2n) is 7.06. The van der Waals surface area contributed by atoms with Crippen LogP contribution in [0.4, 0.5) is 0 Å². The van der Waals surface area contributed by atoms with Crippen LogP contribution in [-0.4, -0.2) is 47.8 Å². The molecule has 0 radical (unpaired) electrons. The molecule has 6 heteroatoms. The van der Waals surface area contributed by atoms with E-state index in [0.29, 0.717) is 12.0 Å². The van der Waals surface area contributed by atoms with E-state index in [1.54, 1.807) is 0 Å². The molecule has 1 saturated carbocycles. The summed E-state index contributed by atoms with van der Waals surface area (Å²) < 4.78 is 11.7. The van der Waals surface area contributed by atoms with Crippen molar-refractivity contribution in [3.63, 3.8) is 0 Å². The molecule has 1 N–H and O–H groups in total. The molecule has 1 saturated heterocycles. The fourth-order valence-electron chi connectivity index (χ4n) is 3.66.